The Hall–Kier alpha value is -0.830. The second kappa shape index (κ2) is 3.27. The van der Waals surface area contributed by atoms with Gasteiger partial charge in [-0.05, 0) is 30.5 Å². The van der Waals surface area contributed by atoms with Crippen molar-refractivity contribution in [2.45, 2.75) is 12.8 Å². The van der Waals surface area contributed by atoms with Crippen LogP contribution in [0.15, 0.2) is 12.3 Å². The first-order valence-electron chi connectivity index (χ1n) is 4.10. The molecule has 3 nitrogen and oxygen atoms in total. The van der Waals surface area contributed by atoms with Gasteiger partial charge in [0.25, 0.3) is 0 Å². The maximum Gasteiger partial charge on any atom is 0.224 e. The summed E-state index contributed by atoms with van der Waals surface area (Å²) in [5, 5.41) is 0.333. The molecule has 1 aliphatic heterocycles. The summed E-state index contributed by atoms with van der Waals surface area (Å²) in [6, 6.07) is 1.90. The van der Waals surface area contributed by atoms with E-state index in [-0.39, 0.29) is 0 Å². The lowest BCUT2D eigenvalue weighted by Gasteiger charge is -2.15. The Morgan fingerprint density at radius 1 is 1.33 bits per heavy atom. The van der Waals surface area contributed by atoms with Gasteiger partial charge in [0, 0.05) is 19.3 Å². The topological polar surface area (TPSA) is 29.0 Å². The van der Waals surface area contributed by atoms with Crippen LogP contribution >= 0.6 is 11.6 Å². The van der Waals surface area contributed by atoms with E-state index in [0.717, 1.165) is 18.9 Å². The van der Waals surface area contributed by atoms with Crippen molar-refractivity contribution in [3.8, 4) is 0 Å². The summed E-state index contributed by atoms with van der Waals surface area (Å²) in [5.74, 6) is 0.951. The van der Waals surface area contributed by atoms with Crippen LogP contribution in [-0.2, 0) is 0 Å². The summed E-state index contributed by atoms with van der Waals surface area (Å²) in [5.41, 5.74) is 0. The summed E-state index contributed by atoms with van der Waals surface area (Å²) in [7, 11) is 0. The van der Waals surface area contributed by atoms with Gasteiger partial charge in [-0.15, -0.1) is 0 Å². The highest BCUT2D eigenvalue weighted by atomic mass is 35.5. The molecule has 0 saturated carbocycles. The zero-order chi connectivity index (χ0) is 8.39. The average Bonchev–Trinajstić information content (AvgIpc) is 2.56. The normalized spacial score (nSPS) is 16.9. The molecule has 0 aliphatic carbocycles. The van der Waals surface area contributed by atoms with Gasteiger partial charge in [0.1, 0.15) is 5.82 Å². The van der Waals surface area contributed by atoms with Crippen molar-refractivity contribution in [1.29, 1.82) is 0 Å². The van der Waals surface area contributed by atoms with Crippen LogP contribution < -0.4 is 4.90 Å². The third-order valence-corrected chi connectivity index (χ3v) is 2.22. The maximum absolute atomic E-state index is 5.67. The third kappa shape index (κ3) is 1.50. The summed E-state index contributed by atoms with van der Waals surface area (Å²) in [6.45, 7) is 2.18. The average molecular weight is 184 g/mol. The van der Waals surface area contributed by atoms with Crippen molar-refractivity contribution in [3.05, 3.63) is 17.5 Å². The molecule has 0 amide bonds. The molecule has 0 spiro atoms. The molecule has 1 aromatic heterocycles. The highest BCUT2D eigenvalue weighted by Gasteiger charge is 2.13. The van der Waals surface area contributed by atoms with Crippen LogP contribution in [0.1, 0.15) is 12.8 Å². The fourth-order valence-corrected chi connectivity index (χ4v) is 1.59. The molecule has 64 valence electrons. The van der Waals surface area contributed by atoms with Gasteiger partial charge in [0.15, 0.2) is 0 Å². The minimum absolute atomic E-state index is 0.333. The molecule has 12 heavy (non-hydrogen) atoms. The lowest BCUT2D eigenvalue weighted by molar-refractivity contribution is 0.927. The second-order valence-electron chi connectivity index (χ2n) is 2.88. The number of rotatable bonds is 1. The molecule has 0 atom stereocenters. The molecular weight excluding hydrogens is 174 g/mol. The van der Waals surface area contributed by atoms with Gasteiger partial charge in [0.2, 0.25) is 5.28 Å². The molecular formula is C8H10ClN3. The monoisotopic (exact) mass is 183 g/mol. The molecule has 1 aromatic rings. The van der Waals surface area contributed by atoms with Crippen LogP contribution in [0.3, 0.4) is 0 Å². The first kappa shape index (κ1) is 7.80. The van der Waals surface area contributed by atoms with E-state index in [0.29, 0.717) is 5.28 Å². The summed E-state index contributed by atoms with van der Waals surface area (Å²) in [6.07, 6.45) is 4.20. The van der Waals surface area contributed by atoms with Crippen LogP contribution in [0.4, 0.5) is 5.82 Å². The van der Waals surface area contributed by atoms with Gasteiger partial charge < -0.3 is 4.90 Å². The van der Waals surface area contributed by atoms with Crippen molar-refractivity contribution in [1.82, 2.24) is 9.97 Å². The van der Waals surface area contributed by atoms with Crippen LogP contribution in [0.2, 0.25) is 5.28 Å². The van der Waals surface area contributed by atoms with E-state index < -0.39 is 0 Å². The molecule has 0 aromatic carbocycles. The Balaban J connectivity index is 2.21. The first-order chi connectivity index (χ1) is 5.86. The highest BCUT2D eigenvalue weighted by Crippen LogP contribution is 2.17. The van der Waals surface area contributed by atoms with Crippen LogP contribution in [0.5, 0.6) is 0 Å². The highest BCUT2D eigenvalue weighted by molar-refractivity contribution is 6.28. The minimum atomic E-state index is 0.333. The van der Waals surface area contributed by atoms with Crippen molar-refractivity contribution in [3.63, 3.8) is 0 Å². The molecule has 1 fully saturated rings. The molecule has 1 aliphatic rings. The third-order valence-electron chi connectivity index (χ3n) is 2.04. The van der Waals surface area contributed by atoms with Gasteiger partial charge in [-0.1, -0.05) is 0 Å². The SMILES string of the molecule is Clc1nccc(N2CCCC2)n1. The molecule has 2 rings (SSSR count). The lowest BCUT2D eigenvalue weighted by Crippen LogP contribution is -2.18. The lowest BCUT2D eigenvalue weighted by atomic mass is 10.4. The molecule has 0 N–H and O–H groups in total. The van der Waals surface area contributed by atoms with Gasteiger partial charge >= 0.3 is 0 Å². The van der Waals surface area contributed by atoms with E-state index >= 15 is 0 Å². The van der Waals surface area contributed by atoms with Crippen LogP contribution in [-0.4, -0.2) is 23.1 Å². The zero-order valence-corrected chi connectivity index (χ0v) is 7.46. The fourth-order valence-electron chi connectivity index (χ4n) is 1.45. The summed E-state index contributed by atoms with van der Waals surface area (Å²) >= 11 is 5.67. The number of hydrogen-bond acceptors (Lipinski definition) is 3. The molecule has 0 unspecified atom stereocenters. The van der Waals surface area contributed by atoms with E-state index in [2.05, 4.69) is 14.9 Å². The van der Waals surface area contributed by atoms with Crippen LogP contribution in [0, 0.1) is 0 Å². The van der Waals surface area contributed by atoms with Gasteiger partial charge in [-0.25, -0.2) is 9.97 Å². The smallest absolute Gasteiger partial charge is 0.224 e. The van der Waals surface area contributed by atoms with E-state index in [1.54, 1.807) is 6.20 Å². The standard InChI is InChI=1S/C8H10ClN3/c9-8-10-4-3-7(11-8)12-5-1-2-6-12/h3-4H,1-2,5-6H2. The van der Waals surface area contributed by atoms with E-state index in [1.807, 2.05) is 6.07 Å². The quantitative estimate of drug-likeness (QED) is 0.621. The van der Waals surface area contributed by atoms with Crippen LogP contribution in [0.25, 0.3) is 0 Å². The summed E-state index contributed by atoms with van der Waals surface area (Å²) < 4.78 is 0. The fraction of sp³-hybridized carbons (Fsp3) is 0.500. The van der Waals surface area contributed by atoms with Crippen molar-refractivity contribution in [2.75, 3.05) is 18.0 Å². The van der Waals surface area contributed by atoms with E-state index in [4.69, 9.17) is 11.6 Å². The maximum atomic E-state index is 5.67. The van der Waals surface area contributed by atoms with E-state index in [9.17, 15) is 0 Å². The molecule has 0 radical (unpaired) electrons. The summed E-state index contributed by atoms with van der Waals surface area (Å²) in [4.78, 5) is 10.2. The van der Waals surface area contributed by atoms with Gasteiger partial charge in [-0.3, -0.25) is 0 Å². The Morgan fingerprint density at radius 2 is 2.08 bits per heavy atom. The largest absolute Gasteiger partial charge is 0.356 e. The number of halogens is 1. The van der Waals surface area contributed by atoms with Gasteiger partial charge in [-0.2, -0.15) is 0 Å². The number of anilines is 1. The van der Waals surface area contributed by atoms with E-state index in [1.165, 1.54) is 12.8 Å². The Kier molecular flexibility index (Phi) is 2.13. The van der Waals surface area contributed by atoms with Gasteiger partial charge in [0.05, 0.1) is 0 Å². The van der Waals surface area contributed by atoms with Crippen molar-refractivity contribution < 1.29 is 0 Å². The second-order valence-corrected chi connectivity index (χ2v) is 3.22. The zero-order valence-electron chi connectivity index (χ0n) is 6.70. The molecule has 2 heterocycles. The predicted octanol–water partition coefficient (Wildman–Crippen LogP) is 1.73. The Morgan fingerprint density at radius 3 is 2.75 bits per heavy atom. The molecule has 1 saturated heterocycles. The van der Waals surface area contributed by atoms with Crippen molar-refractivity contribution in [2.24, 2.45) is 0 Å². The Labute approximate surface area is 76.4 Å². The number of aromatic nitrogens is 2. The molecule has 4 heteroatoms. The first-order valence-corrected chi connectivity index (χ1v) is 4.47. The number of nitrogens with zero attached hydrogens (tertiary/aromatic N) is 3. The van der Waals surface area contributed by atoms with Crippen molar-refractivity contribution >= 4 is 17.4 Å². The number of hydrogen-bond donors (Lipinski definition) is 0. The predicted molar refractivity (Wildman–Crippen MR) is 48.5 cm³/mol. The molecule has 0 bridgehead atoms. The Bertz CT molecular complexity index is 271. The minimum Gasteiger partial charge on any atom is -0.356 e.